The second kappa shape index (κ2) is 15.3. The molecular formula is C29H43F5N2O3. The normalized spacial score (nSPS) is 21.6. The van der Waals surface area contributed by atoms with Gasteiger partial charge in [0.25, 0.3) is 0 Å². The molecule has 2 aliphatic rings. The van der Waals surface area contributed by atoms with E-state index in [1.165, 1.54) is 0 Å². The maximum Gasteiger partial charge on any atom is 0.248 e. The highest BCUT2D eigenvalue weighted by Crippen LogP contribution is 2.39. The molecule has 1 N–H and O–H groups in total. The minimum atomic E-state index is -2.58. The third-order valence-electron chi connectivity index (χ3n) is 7.96. The first-order valence-electron chi connectivity index (χ1n) is 14.3. The van der Waals surface area contributed by atoms with Crippen molar-refractivity contribution in [1.29, 1.82) is 0 Å². The molecule has 5 nitrogen and oxygen atoms in total. The van der Waals surface area contributed by atoms with E-state index in [2.05, 4.69) is 5.32 Å². The summed E-state index contributed by atoms with van der Waals surface area (Å²) in [5, 5.41) is 3.12. The van der Waals surface area contributed by atoms with E-state index in [4.69, 9.17) is 9.47 Å². The van der Waals surface area contributed by atoms with E-state index in [1.54, 1.807) is 4.90 Å². The van der Waals surface area contributed by atoms with Gasteiger partial charge in [0.15, 0.2) is 11.6 Å². The molecule has 0 unspecified atom stereocenters. The minimum Gasteiger partial charge on any atom is -0.382 e. The Balaban J connectivity index is 1.67. The van der Waals surface area contributed by atoms with E-state index < -0.39 is 29.5 Å². The third-order valence-corrected chi connectivity index (χ3v) is 7.96. The van der Waals surface area contributed by atoms with Crippen LogP contribution in [0.5, 0.6) is 0 Å². The highest BCUT2D eigenvalue weighted by atomic mass is 19.3. The predicted molar refractivity (Wildman–Crippen MR) is 139 cm³/mol. The topological polar surface area (TPSA) is 50.8 Å². The summed E-state index contributed by atoms with van der Waals surface area (Å²) in [4.78, 5) is 15.1. The third kappa shape index (κ3) is 9.67. The zero-order chi connectivity index (χ0) is 28.4. The monoisotopic (exact) mass is 562 g/mol. The molecule has 0 aromatic heterocycles. The first-order valence-corrected chi connectivity index (χ1v) is 14.3. The summed E-state index contributed by atoms with van der Waals surface area (Å²) in [6, 6.07) is 1.49. The van der Waals surface area contributed by atoms with Gasteiger partial charge in [0, 0.05) is 69.7 Å². The van der Waals surface area contributed by atoms with Gasteiger partial charge in [-0.05, 0) is 76.9 Å². The smallest absolute Gasteiger partial charge is 0.248 e. The van der Waals surface area contributed by atoms with Gasteiger partial charge in [-0.2, -0.15) is 0 Å². The summed E-state index contributed by atoms with van der Waals surface area (Å²) in [5.41, 5.74) is -0.176. The lowest BCUT2D eigenvalue weighted by Gasteiger charge is -2.38. The van der Waals surface area contributed by atoms with Crippen LogP contribution in [0.3, 0.4) is 0 Å². The Morgan fingerprint density at radius 1 is 1.15 bits per heavy atom. The van der Waals surface area contributed by atoms with Crippen molar-refractivity contribution in [2.45, 2.75) is 76.7 Å². The van der Waals surface area contributed by atoms with E-state index in [1.807, 2.05) is 14.0 Å². The van der Waals surface area contributed by atoms with Crippen LogP contribution in [0, 0.1) is 35.2 Å². The SMILES string of the molecule is CCOCCCO[C@@H](c1cc(F)cc(F)c1F)[C@@H]1CCCN(C(=O)C[C@H](CNC)CC2CCC(F)(F)CC2)C1. The van der Waals surface area contributed by atoms with Crippen molar-refractivity contribution >= 4 is 5.91 Å². The summed E-state index contributed by atoms with van der Waals surface area (Å²) >= 11 is 0. The second-order valence-electron chi connectivity index (χ2n) is 11.0. The molecular weight excluding hydrogens is 519 g/mol. The molecule has 10 heteroatoms. The van der Waals surface area contributed by atoms with Crippen molar-refractivity contribution in [3.63, 3.8) is 0 Å². The van der Waals surface area contributed by atoms with E-state index >= 15 is 0 Å². The van der Waals surface area contributed by atoms with Gasteiger partial charge in [0.2, 0.25) is 11.8 Å². The predicted octanol–water partition coefficient (Wildman–Crippen LogP) is 6.27. The van der Waals surface area contributed by atoms with Crippen LogP contribution in [0.15, 0.2) is 12.1 Å². The van der Waals surface area contributed by atoms with E-state index in [0.717, 1.165) is 6.07 Å². The number of carbonyl (C=O) groups excluding carboxylic acids is 1. The van der Waals surface area contributed by atoms with E-state index in [9.17, 15) is 26.7 Å². The maximum atomic E-state index is 14.8. The van der Waals surface area contributed by atoms with Gasteiger partial charge in [0.05, 0.1) is 6.10 Å². The van der Waals surface area contributed by atoms with Crippen LogP contribution >= 0.6 is 0 Å². The first kappa shape index (κ1) is 31.7. The second-order valence-corrected chi connectivity index (χ2v) is 11.0. The Kier molecular flexibility index (Phi) is 12.4. The lowest BCUT2D eigenvalue weighted by Crippen LogP contribution is -2.43. The van der Waals surface area contributed by atoms with E-state index in [0.29, 0.717) is 70.9 Å². The van der Waals surface area contributed by atoms with Crippen molar-refractivity contribution in [3.05, 3.63) is 35.1 Å². The van der Waals surface area contributed by atoms with Gasteiger partial charge >= 0.3 is 0 Å². The van der Waals surface area contributed by atoms with Crippen LogP contribution in [-0.2, 0) is 14.3 Å². The number of hydrogen-bond donors (Lipinski definition) is 1. The lowest BCUT2D eigenvalue weighted by atomic mass is 9.80. The average Bonchev–Trinajstić information content (AvgIpc) is 2.90. The molecule has 1 saturated heterocycles. The number of ether oxygens (including phenoxy) is 2. The van der Waals surface area contributed by atoms with E-state index in [-0.39, 0.29) is 61.6 Å². The van der Waals surface area contributed by atoms with Gasteiger partial charge in [-0.3, -0.25) is 4.79 Å². The quantitative estimate of drug-likeness (QED) is 0.165. The summed E-state index contributed by atoms with van der Waals surface area (Å²) in [6.07, 6.45) is 2.61. The highest BCUT2D eigenvalue weighted by molar-refractivity contribution is 5.76. The van der Waals surface area contributed by atoms with Crippen LogP contribution in [0.25, 0.3) is 0 Å². The summed E-state index contributed by atoms with van der Waals surface area (Å²) in [6.45, 7) is 4.52. The van der Waals surface area contributed by atoms with Crippen molar-refractivity contribution in [2.24, 2.45) is 17.8 Å². The number of nitrogens with one attached hydrogen (secondary N) is 1. The van der Waals surface area contributed by atoms with Crippen LogP contribution in [0.1, 0.15) is 76.4 Å². The molecule has 39 heavy (non-hydrogen) atoms. The average molecular weight is 563 g/mol. The molecule has 222 valence electrons. The van der Waals surface area contributed by atoms with Crippen molar-refractivity contribution < 1.29 is 36.2 Å². The van der Waals surface area contributed by atoms with Crippen LogP contribution < -0.4 is 5.32 Å². The number of rotatable bonds is 14. The molecule has 1 aromatic rings. The molecule has 3 atom stereocenters. The highest BCUT2D eigenvalue weighted by Gasteiger charge is 2.37. The fraction of sp³-hybridized carbons (Fsp3) is 0.759. The standard InChI is InChI=1S/C29H43F5N2O3/c1-3-38-12-5-13-39-28(24-16-23(30)17-25(31)27(24)32)22-6-4-11-36(19-22)26(37)15-21(18-35-2)14-20-7-9-29(33,34)10-8-20/h16-17,20-22,28,35H,3-15,18-19H2,1-2H3/t21-,22-,28-/m1/s1. The fourth-order valence-corrected chi connectivity index (χ4v) is 5.97. The Labute approximate surface area is 228 Å². The summed E-state index contributed by atoms with van der Waals surface area (Å²) < 4.78 is 81.5. The molecule has 0 spiro atoms. The first-order chi connectivity index (χ1) is 18.6. The van der Waals surface area contributed by atoms with Gasteiger partial charge in [0.1, 0.15) is 5.82 Å². The van der Waals surface area contributed by atoms with Crippen LogP contribution in [-0.4, -0.2) is 63.2 Å². The van der Waals surface area contributed by atoms with Crippen LogP contribution in [0.4, 0.5) is 22.0 Å². The molecule has 1 aromatic carbocycles. The number of halogens is 5. The molecule has 1 amide bonds. The maximum absolute atomic E-state index is 14.8. The number of amides is 1. The van der Waals surface area contributed by atoms with Crippen LogP contribution in [0.2, 0.25) is 0 Å². The van der Waals surface area contributed by atoms with Gasteiger partial charge in [-0.25, -0.2) is 22.0 Å². The van der Waals surface area contributed by atoms with Gasteiger partial charge in [-0.1, -0.05) is 0 Å². The number of nitrogens with zero attached hydrogens (tertiary/aromatic N) is 1. The molecule has 2 fully saturated rings. The Morgan fingerprint density at radius 3 is 2.59 bits per heavy atom. The molecule has 1 saturated carbocycles. The number of carbonyl (C=O) groups is 1. The lowest BCUT2D eigenvalue weighted by molar-refractivity contribution is -0.136. The number of hydrogen-bond acceptors (Lipinski definition) is 4. The summed E-state index contributed by atoms with van der Waals surface area (Å²) in [7, 11) is 1.81. The minimum absolute atomic E-state index is 0.0139. The van der Waals surface area contributed by atoms with Crippen molar-refractivity contribution in [1.82, 2.24) is 10.2 Å². The largest absolute Gasteiger partial charge is 0.382 e. The number of benzene rings is 1. The molecule has 1 aliphatic heterocycles. The molecule has 3 rings (SSSR count). The summed E-state index contributed by atoms with van der Waals surface area (Å²) in [5.74, 6) is -6.08. The van der Waals surface area contributed by atoms with Crippen molar-refractivity contribution in [2.75, 3.05) is 46.5 Å². The molecule has 0 radical (unpaired) electrons. The Morgan fingerprint density at radius 2 is 1.90 bits per heavy atom. The Hall–Kier alpha value is -1.78. The van der Waals surface area contributed by atoms with Gasteiger partial charge < -0.3 is 19.7 Å². The molecule has 1 aliphatic carbocycles. The number of alkyl halides is 2. The van der Waals surface area contributed by atoms with Gasteiger partial charge in [-0.15, -0.1) is 0 Å². The zero-order valence-corrected chi connectivity index (χ0v) is 23.1. The fourth-order valence-electron chi connectivity index (χ4n) is 5.97. The Bertz CT molecular complexity index is 909. The number of piperidine rings is 1. The van der Waals surface area contributed by atoms with Crippen molar-refractivity contribution in [3.8, 4) is 0 Å². The molecule has 0 bridgehead atoms. The number of likely N-dealkylation sites (tertiary alicyclic amines) is 1. The molecule has 1 heterocycles. The zero-order valence-electron chi connectivity index (χ0n) is 23.1.